The number of rotatable bonds is 6. The monoisotopic (exact) mass is 397 g/mol. The Kier molecular flexibility index (Phi) is 6.90. The van der Waals surface area contributed by atoms with Crippen LogP contribution in [0.3, 0.4) is 0 Å². The highest BCUT2D eigenvalue weighted by atomic mass is 16.5. The Balaban J connectivity index is 2.18. The molecule has 0 aliphatic heterocycles. The van der Waals surface area contributed by atoms with Gasteiger partial charge in [0.15, 0.2) is 0 Å². The first-order valence-electron chi connectivity index (χ1n) is 9.62. The maximum atomic E-state index is 12.6. The van der Waals surface area contributed by atoms with Crippen LogP contribution in [0.5, 0.6) is 5.75 Å². The molecule has 29 heavy (non-hydrogen) atoms. The van der Waals surface area contributed by atoms with Gasteiger partial charge in [-0.1, -0.05) is 26.8 Å². The molecule has 2 aromatic carbocycles. The number of carbonyl (C=O) groups excluding carboxylic acids is 2. The van der Waals surface area contributed by atoms with Crippen molar-refractivity contribution in [3.63, 3.8) is 0 Å². The zero-order valence-corrected chi connectivity index (χ0v) is 18.3. The summed E-state index contributed by atoms with van der Waals surface area (Å²) < 4.78 is 5.38. The van der Waals surface area contributed by atoms with Crippen molar-refractivity contribution in [1.82, 2.24) is 5.32 Å². The predicted octanol–water partition coefficient (Wildman–Crippen LogP) is 4.02. The summed E-state index contributed by atoms with van der Waals surface area (Å²) >= 11 is 0. The van der Waals surface area contributed by atoms with Crippen LogP contribution in [0.1, 0.15) is 47.8 Å². The van der Waals surface area contributed by atoms with Crippen LogP contribution in [-0.4, -0.2) is 32.5 Å². The Morgan fingerprint density at radius 1 is 1.03 bits per heavy atom. The maximum absolute atomic E-state index is 12.6. The first-order chi connectivity index (χ1) is 13.6. The number of hydrogen-bond donors (Lipinski definition) is 3. The smallest absolute Gasteiger partial charge is 0.251 e. The van der Waals surface area contributed by atoms with Crippen molar-refractivity contribution in [3.8, 4) is 5.75 Å². The molecule has 2 amide bonds. The zero-order valence-electron chi connectivity index (χ0n) is 18.3. The Bertz CT molecular complexity index is 891. The van der Waals surface area contributed by atoms with Gasteiger partial charge in [0.2, 0.25) is 5.91 Å². The molecule has 156 valence electrons. The van der Waals surface area contributed by atoms with Crippen molar-refractivity contribution in [3.05, 3.63) is 52.6 Å². The molecular formula is C23H31N3O3. The molecule has 0 bridgehead atoms. The summed E-state index contributed by atoms with van der Waals surface area (Å²) in [5.41, 5.74) is 4.80. The number of amides is 2. The fourth-order valence-electron chi connectivity index (χ4n) is 3.34. The lowest BCUT2D eigenvalue weighted by Gasteiger charge is -2.24. The fourth-order valence-corrected chi connectivity index (χ4v) is 3.34. The third-order valence-electron chi connectivity index (χ3n) is 4.71. The van der Waals surface area contributed by atoms with E-state index in [1.807, 2.05) is 32.0 Å². The van der Waals surface area contributed by atoms with E-state index in [9.17, 15) is 9.59 Å². The van der Waals surface area contributed by atoms with Gasteiger partial charge in [0, 0.05) is 24.0 Å². The van der Waals surface area contributed by atoms with Crippen LogP contribution in [0.4, 0.5) is 11.4 Å². The summed E-state index contributed by atoms with van der Waals surface area (Å²) in [4.78, 5) is 24.6. The molecule has 3 N–H and O–H groups in total. The van der Waals surface area contributed by atoms with Crippen LogP contribution in [0.15, 0.2) is 30.3 Å². The lowest BCUT2D eigenvalue weighted by Crippen LogP contribution is -2.25. The van der Waals surface area contributed by atoms with Gasteiger partial charge in [-0.15, -0.1) is 0 Å². The Hall–Kier alpha value is -3.02. The Labute approximate surface area is 173 Å². The van der Waals surface area contributed by atoms with Crippen molar-refractivity contribution >= 4 is 23.2 Å². The number of benzene rings is 2. The molecule has 2 rings (SSSR count). The van der Waals surface area contributed by atoms with E-state index in [1.165, 1.54) is 0 Å². The second-order valence-corrected chi connectivity index (χ2v) is 8.13. The fraction of sp³-hybridized carbons (Fsp3) is 0.391. The average Bonchev–Trinajstić information content (AvgIpc) is 2.64. The molecule has 0 saturated heterocycles. The second kappa shape index (κ2) is 8.99. The van der Waals surface area contributed by atoms with Crippen LogP contribution >= 0.6 is 0 Å². The second-order valence-electron chi connectivity index (χ2n) is 8.13. The molecule has 0 spiro atoms. The number of carbonyl (C=O) groups is 2. The first-order valence-corrected chi connectivity index (χ1v) is 9.62. The molecule has 0 aromatic heterocycles. The summed E-state index contributed by atoms with van der Waals surface area (Å²) in [7, 11) is 3.23. The molecule has 0 radical (unpaired) electrons. The number of nitrogens with one attached hydrogen (secondary N) is 3. The number of hydrogen-bond acceptors (Lipinski definition) is 4. The van der Waals surface area contributed by atoms with Crippen LogP contribution in [0, 0.1) is 13.8 Å². The molecule has 2 aromatic rings. The third-order valence-corrected chi connectivity index (χ3v) is 4.71. The van der Waals surface area contributed by atoms with Gasteiger partial charge in [-0.25, -0.2) is 0 Å². The van der Waals surface area contributed by atoms with Gasteiger partial charge in [0.05, 0.1) is 13.7 Å². The lowest BCUT2D eigenvalue weighted by molar-refractivity contribution is -0.114. The third kappa shape index (κ3) is 5.50. The van der Waals surface area contributed by atoms with Crippen molar-refractivity contribution in [2.45, 2.75) is 40.0 Å². The van der Waals surface area contributed by atoms with Gasteiger partial charge in [-0.2, -0.15) is 0 Å². The van der Waals surface area contributed by atoms with Crippen molar-refractivity contribution in [2.24, 2.45) is 0 Å². The van der Waals surface area contributed by atoms with Gasteiger partial charge in [-0.05, 0) is 60.2 Å². The maximum Gasteiger partial charge on any atom is 0.251 e. The molecule has 0 aliphatic carbocycles. The van der Waals surface area contributed by atoms with E-state index < -0.39 is 0 Å². The van der Waals surface area contributed by atoms with Crippen LogP contribution in [0.25, 0.3) is 0 Å². The zero-order chi connectivity index (χ0) is 21.8. The van der Waals surface area contributed by atoms with Crippen molar-refractivity contribution in [2.75, 3.05) is 31.3 Å². The molecule has 6 heteroatoms. The normalized spacial score (nSPS) is 11.0. The summed E-state index contributed by atoms with van der Waals surface area (Å²) in [6.07, 6.45) is 0. The highest BCUT2D eigenvalue weighted by Crippen LogP contribution is 2.31. The molecule has 0 heterocycles. The quantitative estimate of drug-likeness (QED) is 0.688. The van der Waals surface area contributed by atoms with Gasteiger partial charge >= 0.3 is 0 Å². The molecule has 0 fully saturated rings. The van der Waals surface area contributed by atoms with Gasteiger partial charge in [0.1, 0.15) is 5.75 Å². The molecular weight excluding hydrogens is 366 g/mol. The van der Waals surface area contributed by atoms with E-state index >= 15 is 0 Å². The minimum absolute atomic E-state index is 0.110. The van der Waals surface area contributed by atoms with E-state index in [4.69, 9.17) is 4.74 Å². The van der Waals surface area contributed by atoms with Crippen LogP contribution < -0.4 is 20.7 Å². The topological polar surface area (TPSA) is 79.5 Å². The highest BCUT2D eigenvalue weighted by Gasteiger charge is 2.20. The summed E-state index contributed by atoms with van der Waals surface area (Å²) in [5.74, 6) is 0.472. The standard InChI is InChI=1S/C23H31N3O3/c1-14-10-17(11-15(2)21(14)29-7)25-13-20(27)26-19-12-16(22(28)24-6)8-9-18(19)23(3,4)5/h8-12,25H,13H2,1-7H3,(H,24,28)(H,26,27). The van der Waals surface area contributed by atoms with E-state index in [2.05, 4.69) is 36.7 Å². The SMILES string of the molecule is CNC(=O)c1ccc(C(C)(C)C)c(NC(=O)CNc2cc(C)c(OC)c(C)c2)c1. The number of ether oxygens (including phenoxy) is 1. The van der Waals surface area contributed by atoms with E-state index in [0.29, 0.717) is 11.3 Å². The summed E-state index contributed by atoms with van der Waals surface area (Å²) in [6, 6.07) is 9.29. The van der Waals surface area contributed by atoms with E-state index in [-0.39, 0.29) is 23.8 Å². The molecule has 6 nitrogen and oxygen atoms in total. The van der Waals surface area contributed by atoms with Crippen LogP contribution in [-0.2, 0) is 10.2 Å². The van der Waals surface area contributed by atoms with E-state index in [1.54, 1.807) is 26.3 Å². The number of aryl methyl sites for hydroxylation is 2. The van der Waals surface area contributed by atoms with E-state index in [0.717, 1.165) is 28.1 Å². The Morgan fingerprint density at radius 3 is 2.17 bits per heavy atom. The summed E-state index contributed by atoms with van der Waals surface area (Å²) in [5, 5.41) is 8.72. The molecule has 0 atom stereocenters. The number of anilines is 2. The van der Waals surface area contributed by atoms with Crippen molar-refractivity contribution in [1.29, 1.82) is 0 Å². The molecule has 0 unspecified atom stereocenters. The number of methoxy groups -OCH3 is 1. The largest absolute Gasteiger partial charge is 0.496 e. The average molecular weight is 398 g/mol. The lowest BCUT2D eigenvalue weighted by atomic mass is 9.85. The Morgan fingerprint density at radius 2 is 1.66 bits per heavy atom. The molecule has 0 aliphatic rings. The minimum Gasteiger partial charge on any atom is -0.496 e. The first kappa shape index (κ1) is 22.3. The van der Waals surface area contributed by atoms with Crippen LogP contribution in [0.2, 0.25) is 0 Å². The van der Waals surface area contributed by atoms with Gasteiger partial charge in [-0.3, -0.25) is 9.59 Å². The summed E-state index contributed by atoms with van der Waals surface area (Å²) in [6.45, 7) is 10.3. The van der Waals surface area contributed by atoms with Gasteiger partial charge < -0.3 is 20.7 Å². The van der Waals surface area contributed by atoms with Gasteiger partial charge in [0.25, 0.3) is 5.91 Å². The highest BCUT2D eigenvalue weighted by molar-refractivity contribution is 5.98. The van der Waals surface area contributed by atoms with Crippen molar-refractivity contribution < 1.29 is 14.3 Å². The molecule has 0 saturated carbocycles. The predicted molar refractivity (Wildman–Crippen MR) is 118 cm³/mol. The minimum atomic E-state index is -0.191.